The zero-order valence-electron chi connectivity index (χ0n) is 28.4. The van der Waals surface area contributed by atoms with E-state index in [0.717, 1.165) is 24.3 Å². The number of carbonyl (C=O) groups is 3. The van der Waals surface area contributed by atoms with Gasteiger partial charge in [-0.3, -0.25) is 14.4 Å². The van der Waals surface area contributed by atoms with E-state index in [1.54, 1.807) is 38.4 Å². The van der Waals surface area contributed by atoms with Crippen molar-refractivity contribution in [3.63, 3.8) is 0 Å². The van der Waals surface area contributed by atoms with Crippen LogP contribution < -0.4 is 11.1 Å². The maximum atomic E-state index is 13.3. The molecule has 0 saturated carbocycles. The fourth-order valence-electron chi connectivity index (χ4n) is 4.60. The highest BCUT2D eigenvalue weighted by atomic mass is 32.1. The predicted molar refractivity (Wildman–Crippen MR) is 188 cm³/mol. The number of likely N-dealkylation sites (N-methyl/N-ethyl adjacent to an activating group) is 2. The summed E-state index contributed by atoms with van der Waals surface area (Å²) in [5, 5.41) is 7.59. The van der Waals surface area contributed by atoms with Gasteiger partial charge in [0, 0.05) is 37.5 Å². The van der Waals surface area contributed by atoms with Crippen molar-refractivity contribution in [3.8, 4) is 0 Å². The number of amides is 3. The van der Waals surface area contributed by atoms with E-state index in [1.165, 1.54) is 32.2 Å². The van der Waals surface area contributed by atoms with Gasteiger partial charge in [0.2, 0.25) is 17.7 Å². The van der Waals surface area contributed by atoms with Crippen LogP contribution in [0.25, 0.3) is 10.8 Å². The van der Waals surface area contributed by atoms with Gasteiger partial charge >= 0.3 is 0 Å². The van der Waals surface area contributed by atoms with Crippen molar-refractivity contribution in [2.24, 2.45) is 5.73 Å². The largest absolute Gasteiger partial charge is 0.354 e. The molecule has 0 fully saturated rings. The minimum absolute atomic E-state index is 0.180. The highest BCUT2D eigenvalue weighted by molar-refractivity contribution is 7.09. The molecule has 3 rings (SSSR count). The summed E-state index contributed by atoms with van der Waals surface area (Å²) in [6.07, 6.45) is 6.00. The van der Waals surface area contributed by atoms with E-state index in [-0.39, 0.29) is 17.7 Å². The van der Waals surface area contributed by atoms with Crippen molar-refractivity contribution in [1.29, 1.82) is 0 Å². The second-order valence-corrected chi connectivity index (χ2v) is 13.7. The van der Waals surface area contributed by atoms with E-state index in [4.69, 9.17) is 5.73 Å². The fraction of sp³-hybridized carbons (Fsp3) is 0.472. The van der Waals surface area contributed by atoms with Gasteiger partial charge in [-0.15, -0.1) is 11.3 Å². The zero-order valence-corrected chi connectivity index (χ0v) is 29.2. The third kappa shape index (κ3) is 13.6. The second kappa shape index (κ2) is 18.4. The van der Waals surface area contributed by atoms with Crippen molar-refractivity contribution >= 4 is 39.8 Å². The Kier molecular flexibility index (Phi) is 15.4. The molecule has 9 heteroatoms. The normalized spacial score (nSPS) is 12.8. The monoisotopic (exact) mass is 635 g/mol. The number of nitrogens with zero attached hydrogens (tertiary/aromatic N) is 3. The molecule has 8 nitrogen and oxygen atoms in total. The first-order valence-corrected chi connectivity index (χ1v) is 16.5. The predicted octanol–water partition coefficient (Wildman–Crippen LogP) is 5.25. The Morgan fingerprint density at radius 3 is 2.27 bits per heavy atom. The van der Waals surface area contributed by atoms with E-state index in [0.29, 0.717) is 19.4 Å². The Bertz CT molecular complexity index is 1380. The lowest BCUT2D eigenvalue weighted by atomic mass is 10.0. The number of aryl methyl sites for hydroxylation is 1. The highest BCUT2D eigenvalue weighted by Gasteiger charge is 2.32. The van der Waals surface area contributed by atoms with Crippen LogP contribution in [-0.2, 0) is 20.8 Å². The lowest BCUT2D eigenvalue weighted by Gasteiger charge is -2.32. The number of benzene rings is 2. The summed E-state index contributed by atoms with van der Waals surface area (Å²) in [4.78, 5) is 44.9. The molecule has 0 aliphatic heterocycles. The van der Waals surface area contributed by atoms with Crippen molar-refractivity contribution in [1.82, 2.24) is 20.0 Å². The van der Waals surface area contributed by atoms with E-state index in [1.807, 2.05) is 45.5 Å². The van der Waals surface area contributed by atoms with Crippen LogP contribution in [0.1, 0.15) is 50.5 Å². The van der Waals surface area contributed by atoms with Crippen LogP contribution in [0, 0.1) is 6.92 Å². The van der Waals surface area contributed by atoms with Crippen molar-refractivity contribution in [2.75, 3.05) is 41.3 Å². The summed E-state index contributed by atoms with van der Waals surface area (Å²) in [7, 11) is 7.27. The molecule has 0 spiro atoms. The standard InChI is InChI=1S/C25H43N5O3S.C11H10/c1-19(29(6)22(31)13-10-14-25(2,3)26)24(33)30(7)21(18-20-12-11-17-34-20)23(32)27-15-8-9-16-28(4)5;1-9-6-7-10-4-2-3-5-11(10)8-9/h10-13,17,19,21H,8-9,14-16,18,26H2,1-7H3,(H,27,32);2-8H,1H3/b13-10+;/t19-,21?;/m1./s1. The number of hydrogen-bond acceptors (Lipinski definition) is 6. The molecule has 246 valence electrons. The van der Waals surface area contributed by atoms with Crippen molar-refractivity contribution < 1.29 is 14.4 Å². The average Bonchev–Trinajstić information content (AvgIpc) is 3.51. The molecule has 0 bridgehead atoms. The van der Waals surface area contributed by atoms with Crippen LogP contribution in [0.15, 0.2) is 72.1 Å². The van der Waals surface area contributed by atoms with Gasteiger partial charge in [0.1, 0.15) is 12.1 Å². The number of unbranched alkanes of at least 4 members (excludes halogenated alkanes) is 1. The summed E-state index contributed by atoms with van der Waals surface area (Å²) in [5.41, 5.74) is 6.86. The molecule has 0 aliphatic rings. The lowest BCUT2D eigenvalue weighted by Crippen LogP contribution is -2.54. The molecule has 3 N–H and O–H groups in total. The van der Waals surface area contributed by atoms with Crippen LogP contribution in [0.4, 0.5) is 0 Å². The molecule has 0 aliphatic carbocycles. The Balaban J connectivity index is 0.000000528. The fourth-order valence-corrected chi connectivity index (χ4v) is 5.35. The average molecular weight is 636 g/mol. The summed E-state index contributed by atoms with van der Waals surface area (Å²) in [5.74, 6) is -0.744. The molecule has 2 aromatic carbocycles. The van der Waals surface area contributed by atoms with E-state index >= 15 is 0 Å². The number of rotatable bonds is 14. The van der Waals surface area contributed by atoms with Crippen molar-refractivity contribution in [2.45, 2.75) is 71.0 Å². The molecule has 1 aromatic heterocycles. The number of hydrogen-bond donors (Lipinski definition) is 2. The summed E-state index contributed by atoms with van der Waals surface area (Å²) in [6.45, 7) is 9.08. The van der Waals surface area contributed by atoms with Gasteiger partial charge in [0.15, 0.2) is 0 Å². The summed E-state index contributed by atoms with van der Waals surface area (Å²) in [6, 6.07) is 17.4. The highest BCUT2D eigenvalue weighted by Crippen LogP contribution is 2.17. The molecule has 1 unspecified atom stereocenters. The van der Waals surface area contributed by atoms with Crippen LogP contribution in [0.5, 0.6) is 0 Å². The molecule has 45 heavy (non-hydrogen) atoms. The minimum atomic E-state index is -0.716. The van der Waals surface area contributed by atoms with Crippen LogP contribution in [0.2, 0.25) is 0 Å². The van der Waals surface area contributed by atoms with E-state index in [2.05, 4.69) is 59.6 Å². The first kappa shape index (κ1) is 37.7. The number of carbonyl (C=O) groups excluding carboxylic acids is 3. The summed E-state index contributed by atoms with van der Waals surface area (Å²) >= 11 is 1.56. The lowest BCUT2D eigenvalue weighted by molar-refractivity contribution is -0.145. The molecule has 1 heterocycles. The van der Waals surface area contributed by atoms with Crippen molar-refractivity contribution in [3.05, 3.63) is 82.6 Å². The molecule has 3 aromatic rings. The van der Waals surface area contributed by atoms with Gasteiger partial charge in [0.25, 0.3) is 0 Å². The minimum Gasteiger partial charge on any atom is -0.354 e. The Labute approximate surface area is 274 Å². The molecular formula is C36H53N5O3S. The first-order valence-electron chi connectivity index (χ1n) is 15.6. The molecule has 0 saturated heterocycles. The van der Waals surface area contributed by atoms with Gasteiger partial charge in [-0.25, -0.2) is 0 Å². The molecule has 3 amide bonds. The second-order valence-electron chi connectivity index (χ2n) is 12.6. The Morgan fingerprint density at radius 1 is 0.956 bits per heavy atom. The SMILES string of the molecule is C[C@H](C(=O)N(C)C(Cc1cccs1)C(=O)NCCCCN(C)C)N(C)C(=O)/C=C/CC(C)(C)N.Cc1ccc2ccccc2c1. The summed E-state index contributed by atoms with van der Waals surface area (Å²) < 4.78 is 0. The van der Waals surface area contributed by atoms with Gasteiger partial charge < -0.3 is 25.8 Å². The molecular weight excluding hydrogens is 582 g/mol. The van der Waals surface area contributed by atoms with Gasteiger partial charge in [-0.1, -0.05) is 60.2 Å². The van der Waals surface area contributed by atoms with Crippen LogP contribution in [0.3, 0.4) is 0 Å². The molecule has 2 atom stereocenters. The Hall–Kier alpha value is -3.53. The topological polar surface area (TPSA) is 99.0 Å². The number of thiophene rings is 1. The smallest absolute Gasteiger partial charge is 0.246 e. The van der Waals surface area contributed by atoms with Gasteiger partial charge in [-0.05, 0) is 95.9 Å². The third-order valence-electron chi connectivity index (χ3n) is 7.52. The van der Waals surface area contributed by atoms with E-state index in [9.17, 15) is 14.4 Å². The molecule has 0 radical (unpaired) electrons. The zero-order chi connectivity index (χ0) is 33.6. The van der Waals surface area contributed by atoms with E-state index < -0.39 is 17.6 Å². The number of fused-ring (bicyclic) bond motifs is 1. The third-order valence-corrected chi connectivity index (χ3v) is 8.42. The van der Waals surface area contributed by atoms with Gasteiger partial charge in [-0.2, -0.15) is 0 Å². The number of nitrogens with two attached hydrogens (primary N) is 1. The van der Waals surface area contributed by atoms with Gasteiger partial charge in [0.05, 0.1) is 0 Å². The maximum Gasteiger partial charge on any atom is 0.246 e. The number of nitrogens with one attached hydrogen (secondary N) is 1. The first-order chi connectivity index (χ1) is 21.2. The maximum absolute atomic E-state index is 13.3. The quantitative estimate of drug-likeness (QED) is 0.186. The van der Waals surface area contributed by atoms with Crippen LogP contribution in [-0.4, -0.2) is 91.3 Å². The Morgan fingerprint density at radius 2 is 1.64 bits per heavy atom. The van der Waals surface area contributed by atoms with Crippen LogP contribution >= 0.6 is 11.3 Å².